The smallest absolute Gasteiger partial charge is 0.202 e. The van der Waals surface area contributed by atoms with Gasteiger partial charge in [0.2, 0.25) is 6.20 Å². The Labute approximate surface area is 95.9 Å². The predicted molar refractivity (Wildman–Crippen MR) is 62.8 cm³/mol. The Morgan fingerprint density at radius 1 is 1.12 bits per heavy atom. The molecule has 0 spiro atoms. The Morgan fingerprint density at radius 3 is 2.25 bits per heavy atom. The highest BCUT2D eigenvalue weighted by Crippen LogP contribution is 2.05. The van der Waals surface area contributed by atoms with E-state index in [2.05, 4.69) is 21.7 Å². The molecule has 0 fully saturated rings. The second kappa shape index (κ2) is 11.5. The maximum Gasteiger partial charge on any atom is 0.202 e. The van der Waals surface area contributed by atoms with Gasteiger partial charge < -0.3 is 5.21 Å². The third-order valence-electron chi connectivity index (χ3n) is 2.13. The van der Waals surface area contributed by atoms with Crippen LogP contribution >= 0.6 is 0 Å². The zero-order valence-electron chi connectivity index (χ0n) is 9.59. The standard InChI is InChI=1S/C10H19N5O/c1-2-15(16)13-10-8-6-4-3-5-7-9-12-14-11/h2H,1,3-10H2. The summed E-state index contributed by atoms with van der Waals surface area (Å²) in [7, 11) is 0. The summed E-state index contributed by atoms with van der Waals surface area (Å²) in [5.41, 5.74) is 8.04. The Hall–Kier alpha value is -1.55. The first-order valence-corrected chi connectivity index (χ1v) is 5.58. The average Bonchev–Trinajstić information content (AvgIpc) is 2.31. The highest BCUT2D eigenvalue weighted by molar-refractivity contribution is 4.50. The molecule has 0 aliphatic heterocycles. The number of hydrogen-bond acceptors (Lipinski definition) is 3. The maximum atomic E-state index is 10.6. The summed E-state index contributed by atoms with van der Waals surface area (Å²) in [6.45, 7) is 4.47. The minimum absolute atomic E-state index is 0.500. The van der Waals surface area contributed by atoms with E-state index in [1.165, 1.54) is 0 Å². The Bertz CT molecular complexity index is 258. The largest absolute Gasteiger partial charge is 0.595 e. The summed E-state index contributed by atoms with van der Waals surface area (Å²) >= 11 is 0. The highest BCUT2D eigenvalue weighted by Gasteiger charge is 1.92. The van der Waals surface area contributed by atoms with Crippen molar-refractivity contribution in [1.82, 2.24) is 0 Å². The Kier molecular flexibility index (Phi) is 10.4. The van der Waals surface area contributed by atoms with Crippen LogP contribution < -0.4 is 0 Å². The zero-order chi connectivity index (χ0) is 12.1. The quantitative estimate of drug-likeness (QED) is 0.139. The monoisotopic (exact) mass is 225 g/mol. The first-order chi connectivity index (χ1) is 7.81. The molecule has 0 atom stereocenters. The van der Waals surface area contributed by atoms with Crippen molar-refractivity contribution in [3.05, 3.63) is 28.4 Å². The molecule has 0 aromatic rings. The fraction of sp³-hybridized carbons (Fsp3) is 0.800. The second-order valence-electron chi connectivity index (χ2n) is 3.43. The number of azide groups is 1. The van der Waals surface area contributed by atoms with Crippen molar-refractivity contribution < 1.29 is 4.86 Å². The van der Waals surface area contributed by atoms with Crippen LogP contribution in [0.3, 0.4) is 0 Å². The molecule has 0 heterocycles. The van der Waals surface area contributed by atoms with Gasteiger partial charge in [-0.3, -0.25) is 0 Å². The van der Waals surface area contributed by atoms with E-state index in [-0.39, 0.29) is 0 Å². The van der Waals surface area contributed by atoms with E-state index < -0.39 is 0 Å². The fourth-order valence-corrected chi connectivity index (χ4v) is 1.27. The molecule has 0 rings (SSSR count). The van der Waals surface area contributed by atoms with Crippen molar-refractivity contribution in [2.24, 2.45) is 10.2 Å². The number of nitrogens with zero attached hydrogens (tertiary/aromatic N) is 5. The van der Waals surface area contributed by atoms with Gasteiger partial charge in [0.25, 0.3) is 0 Å². The molecular weight excluding hydrogens is 206 g/mol. The predicted octanol–water partition coefficient (Wildman–Crippen LogP) is 3.74. The molecule has 0 aromatic carbocycles. The van der Waals surface area contributed by atoms with Gasteiger partial charge in [-0.15, -0.1) is 0 Å². The van der Waals surface area contributed by atoms with Crippen molar-refractivity contribution in [2.75, 3.05) is 13.1 Å². The minimum atomic E-state index is 0.500. The van der Waals surface area contributed by atoms with Crippen LogP contribution in [0.1, 0.15) is 38.5 Å². The van der Waals surface area contributed by atoms with E-state index in [1.54, 1.807) is 0 Å². The topological polar surface area (TPSA) is 87.2 Å². The zero-order valence-corrected chi connectivity index (χ0v) is 9.59. The average molecular weight is 225 g/mol. The molecule has 0 saturated carbocycles. The molecule has 0 unspecified atom stereocenters. The van der Waals surface area contributed by atoms with Crippen molar-refractivity contribution in [3.8, 4) is 0 Å². The van der Waals surface area contributed by atoms with Crippen LogP contribution in [-0.2, 0) is 0 Å². The van der Waals surface area contributed by atoms with E-state index in [9.17, 15) is 5.21 Å². The van der Waals surface area contributed by atoms with Gasteiger partial charge in [-0.1, -0.05) is 35.7 Å². The summed E-state index contributed by atoms with van der Waals surface area (Å²) in [5.74, 6) is 0. The molecule has 0 amide bonds. The van der Waals surface area contributed by atoms with E-state index in [0.717, 1.165) is 44.7 Å². The summed E-state index contributed by atoms with van der Waals surface area (Å²) in [6, 6.07) is 0. The van der Waals surface area contributed by atoms with Crippen molar-refractivity contribution in [1.29, 1.82) is 0 Å². The fourth-order valence-electron chi connectivity index (χ4n) is 1.27. The second-order valence-corrected chi connectivity index (χ2v) is 3.43. The molecule has 0 aromatic heterocycles. The molecule has 0 radical (unpaired) electrons. The number of unbranched alkanes of at least 4 members (excludes halogenated alkanes) is 5. The van der Waals surface area contributed by atoms with Gasteiger partial charge in [0.1, 0.15) is 6.54 Å². The van der Waals surface area contributed by atoms with Crippen LogP contribution in [0.5, 0.6) is 0 Å². The number of azo groups is 1. The van der Waals surface area contributed by atoms with Gasteiger partial charge in [-0.25, -0.2) is 0 Å². The first kappa shape index (κ1) is 14.5. The van der Waals surface area contributed by atoms with Crippen LogP contribution in [0.15, 0.2) is 23.0 Å². The molecule has 6 heteroatoms. The molecule has 0 N–H and O–H groups in total. The normalized spacial score (nSPS) is 10.9. The van der Waals surface area contributed by atoms with E-state index in [4.69, 9.17) is 5.53 Å². The summed E-state index contributed by atoms with van der Waals surface area (Å²) in [4.78, 5) is 3.19. The van der Waals surface area contributed by atoms with Gasteiger partial charge in [0.15, 0.2) is 0 Å². The Balaban J connectivity index is 3.15. The van der Waals surface area contributed by atoms with Crippen LogP contribution in [0, 0.1) is 5.21 Å². The highest BCUT2D eigenvalue weighted by atomic mass is 16.5. The molecule has 90 valence electrons. The van der Waals surface area contributed by atoms with Crippen LogP contribution in [0.4, 0.5) is 0 Å². The molecule has 16 heavy (non-hydrogen) atoms. The molecule has 0 aliphatic carbocycles. The Morgan fingerprint density at radius 2 is 1.69 bits per heavy atom. The third-order valence-corrected chi connectivity index (χ3v) is 2.13. The van der Waals surface area contributed by atoms with Gasteiger partial charge in [0.05, 0.1) is 0 Å². The molecular formula is C10H19N5O. The van der Waals surface area contributed by atoms with E-state index in [0.29, 0.717) is 18.0 Å². The van der Waals surface area contributed by atoms with Gasteiger partial charge >= 0.3 is 0 Å². The van der Waals surface area contributed by atoms with Gasteiger partial charge in [0, 0.05) is 11.5 Å². The number of rotatable bonds is 10. The maximum absolute atomic E-state index is 10.6. The van der Waals surface area contributed by atoms with Crippen LogP contribution in [-0.4, -0.2) is 18.0 Å². The summed E-state index contributed by atoms with van der Waals surface area (Å²) in [5, 5.41) is 17.8. The lowest BCUT2D eigenvalue weighted by atomic mass is 10.1. The lowest BCUT2D eigenvalue weighted by Crippen LogP contribution is -1.91. The molecule has 0 bridgehead atoms. The van der Waals surface area contributed by atoms with E-state index >= 15 is 0 Å². The number of hydroxylamine groups is 1. The first-order valence-electron chi connectivity index (χ1n) is 5.58. The van der Waals surface area contributed by atoms with Crippen LogP contribution in [0.2, 0.25) is 0 Å². The summed E-state index contributed by atoms with van der Waals surface area (Å²) < 4.78 is 0. The molecule has 0 saturated heterocycles. The number of hydrogen-bond donors (Lipinski definition) is 0. The molecule has 0 aliphatic rings. The SMILES string of the molecule is C=C[N+]([O-])=NCCCCCCCCN=[N+]=[N-]. The lowest BCUT2D eigenvalue weighted by molar-refractivity contribution is -0.458. The van der Waals surface area contributed by atoms with E-state index in [1.807, 2.05) is 0 Å². The summed E-state index contributed by atoms with van der Waals surface area (Å²) in [6.07, 6.45) is 7.49. The molecule has 6 nitrogen and oxygen atoms in total. The van der Waals surface area contributed by atoms with Crippen molar-refractivity contribution in [3.63, 3.8) is 0 Å². The van der Waals surface area contributed by atoms with Crippen molar-refractivity contribution in [2.45, 2.75) is 38.5 Å². The van der Waals surface area contributed by atoms with Gasteiger partial charge in [-0.2, -0.15) is 0 Å². The van der Waals surface area contributed by atoms with Gasteiger partial charge in [-0.05, 0) is 30.1 Å². The lowest BCUT2D eigenvalue weighted by Gasteiger charge is -1.98. The minimum Gasteiger partial charge on any atom is -0.595 e. The third kappa shape index (κ3) is 10.5. The van der Waals surface area contributed by atoms with Crippen molar-refractivity contribution >= 4 is 0 Å². The van der Waals surface area contributed by atoms with Crippen LogP contribution in [0.25, 0.3) is 10.4 Å².